The third-order valence-electron chi connectivity index (χ3n) is 3.82. The molecule has 3 N–H and O–H groups in total. The number of carbonyl (C=O) groups is 2. The number of thiazole rings is 1. The van der Waals surface area contributed by atoms with E-state index in [9.17, 15) is 9.59 Å². The number of aryl methyl sites for hydroxylation is 3. The highest BCUT2D eigenvalue weighted by Gasteiger charge is 2.18. The molecule has 1 aromatic carbocycles. The molecule has 0 fully saturated rings. The first-order chi connectivity index (χ1) is 12.3. The number of primary amides is 1. The van der Waals surface area contributed by atoms with Crippen molar-refractivity contribution in [2.45, 2.75) is 27.3 Å². The first kappa shape index (κ1) is 17.8. The zero-order valence-electron chi connectivity index (χ0n) is 14.7. The predicted octanol–water partition coefficient (Wildman–Crippen LogP) is 2.67. The summed E-state index contributed by atoms with van der Waals surface area (Å²) in [6.07, 6.45) is 3.03. The largest absolute Gasteiger partial charge is 0.368 e. The van der Waals surface area contributed by atoms with E-state index in [0.29, 0.717) is 16.3 Å². The highest BCUT2D eigenvalue weighted by atomic mass is 32.1. The maximum atomic E-state index is 12.6. The molecule has 2 amide bonds. The molecule has 134 valence electrons. The molecule has 0 saturated carbocycles. The monoisotopic (exact) mass is 369 g/mol. The van der Waals surface area contributed by atoms with Crippen molar-refractivity contribution in [2.24, 2.45) is 5.73 Å². The first-order valence-corrected chi connectivity index (χ1v) is 8.82. The van der Waals surface area contributed by atoms with Crippen LogP contribution in [-0.4, -0.2) is 26.6 Å². The molecule has 8 heteroatoms. The van der Waals surface area contributed by atoms with Crippen LogP contribution >= 0.6 is 11.3 Å². The molecule has 7 nitrogen and oxygen atoms in total. The lowest BCUT2D eigenvalue weighted by Crippen LogP contribution is -2.18. The predicted molar refractivity (Wildman–Crippen MR) is 101 cm³/mol. The Balaban J connectivity index is 1.81. The van der Waals surface area contributed by atoms with Crippen molar-refractivity contribution in [1.82, 2.24) is 14.8 Å². The third kappa shape index (κ3) is 3.80. The van der Waals surface area contributed by atoms with Gasteiger partial charge in [0.05, 0.1) is 17.6 Å². The van der Waals surface area contributed by atoms with Crippen LogP contribution in [0.5, 0.6) is 0 Å². The van der Waals surface area contributed by atoms with Gasteiger partial charge in [-0.3, -0.25) is 14.3 Å². The summed E-state index contributed by atoms with van der Waals surface area (Å²) in [6.45, 7) is 5.86. The van der Waals surface area contributed by atoms with Crippen molar-refractivity contribution in [3.63, 3.8) is 0 Å². The van der Waals surface area contributed by atoms with Gasteiger partial charge in [0.1, 0.15) is 16.4 Å². The van der Waals surface area contributed by atoms with Crippen LogP contribution in [0.4, 0.5) is 5.69 Å². The van der Waals surface area contributed by atoms with Crippen molar-refractivity contribution in [3.05, 3.63) is 52.3 Å². The molecule has 2 heterocycles. The zero-order chi connectivity index (χ0) is 18.8. The van der Waals surface area contributed by atoms with Gasteiger partial charge in [0, 0.05) is 11.8 Å². The molecule has 0 saturated heterocycles. The Morgan fingerprint density at radius 3 is 2.73 bits per heavy atom. The van der Waals surface area contributed by atoms with Gasteiger partial charge in [0.25, 0.3) is 5.91 Å². The SMILES string of the molecule is Cc1ccc(-c2nc(C)c(C(=O)Nc3cnn(CC(N)=O)c3)s2)c(C)c1. The Kier molecular flexibility index (Phi) is 4.85. The van der Waals surface area contributed by atoms with Crippen LogP contribution in [0.2, 0.25) is 0 Å². The summed E-state index contributed by atoms with van der Waals surface area (Å²) in [5, 5.41) is 7.58. The number of hydrogen-bond acceptors (Lipinski definition) is 5. The number of benzene rings is 1. The van der Waals surface area contributed by atoms with Crippen molar-refractivity contribution in [3.8, 4) is 10.6 Å². The van der Waals surface area contributed by atoms with Crippen LogP contribution in [0.3, 0.4) is 0 Å². The quantitative estimate of drug-likeness (QED) is 0.721. The fourth-order valence-corrected chi connectivity index (χ4v) is 3.69. The molecule has 3 rings (SSSR count). The topological polar surface area (TPSA) is 103 Å². The Labute approximate surface area is 154 Å². The molecule has 3 aromatic rings. The Hall–Kier alpha value is -3.00. The van der Waals surface area contributed by atoms with Crippen molar-refractivity contribution in [1.29, 1.82) is 0 Å². The standard InChI is InChI=1S/C18H19N5O2S/c1-10-4-5-14(11(2)6-10)18-21-12(3)16(26-18)17(25)22-13-7-20-23(8-13)9-15(19)24/h4-8H,9H2,1-3H3,(H2,19,24)(H,22,25). The molecule has 0 aliphatic carbocycles. The van der Waals surface area contributed by atoms with E-state index in [-0.39, 0.29) is 12.5 Å². The van der Waals surface area contributed by atoms with E-state index in [1.165, 1.54) is 27.8 Å². The molecule has 0 atom stereocenters. The van der Waals surface area contributed by atoms with Crippen LogP contribution in [-0.2, 0) is 11.3 Å². The zero-order valence-corrected chi connectivity index (χ0v) is 15.6. The molecule has 0 spiro atoms. The van der Waals surface area contributed by atoms with Gasteiger partial charge in [-0.2, -0.15) is 5.10 Å². The molecule has 2 aromatic heterocycles. The minimum atomic E-state index is -0.498. The van der Waals surface area contributed by atoms with Crippen molar-refractivity contribution in [2.75, 3.05) is 5.32 Å². The fourth-order valence-electron chi connectivity index (χ4n) is 2.64. The summed E-state index contributed by atoms with van der Waals surface area (Å²) in [7, 11) is 0. The van der Waals surface area contributed by atoms with Gasteiger partial charge >= 0.3 is 0 Å². The maximum absolute atomic E-state index is 12.6. The number of amides is 2. The van der Waals surface area contributed by atoms with Gasteiger partial charge in [-0.25, -0.2) is 4.98 Å². The number of nitrogens with two attached hydrogens (primary N) is 1. The molecule has 0 aliphatic heterocycles. The van der Waals surface area contributed by atoms with E-state index < -0.39 is 5.91 Å². The number of hydrogen-bond donors (Lipinski definition) is 2. The lowest BCUT2D eigenvalue weighted by molar-refractivity contribution is -0.118. The number of rotatable bonds is 5. The molecule has 0 radical (unpaired) electrons. The highest BCUT2D eigenvalue weighted by Crippen LogP contribution is 2.31. The lowest BCUT2D eigenvalue weighted by atomic mass is 10.1. The third-order valence-corrected chi connectivity index (χ3v) is 5.01. The molecular formula is C18H19N5O2S. The molecule has 0 aliphatic rings. The average Bonchev–Trinajstić information content (AvgIpc) is 3.13. The summed E-state index contributed by atoms with van der Waals surface area (Å²) in [5.41, 5.74) is 9.64. The van der Waals surface area contributed by atoms with E-state index in [0.717, 1.165) is 16.1 Å². The number of carbonyl (C=O) groups excluding carboxylic acids is 2. The summed E-state index contributed by atoms with van der Waals surface area (Å²) in [5.74, 6) is -0.753. The van der Waals surface area contributed by atoms with E-state index in [4.69, 9.17) is 5.73 Å². The van der Waals surface area contributed by atoms with Gasteiger partial charge in [0.15, 0.2) is 0 Å². The summed E-state index contributed by atoms with van der Waals surface area (Å²) < 4.78 is 1.37. The van der Waals surface area contributed by atoms with Gasteiger partial charge in [-0.15, -0.1) is 11.3 Å². The second kappa shape index (κ2) is 7.09. The van der Waals surface area contributed by atoms with E-state index in [1.807, 2.05) is 32.9 Å². The van der Waals surface area contributed by atoms with Gasteiger partial charge in [0.2, 0.25) is 5.91 Å². The molecular weight excluding hydrogens is 350 g/mol. The van der Waals surface area contributed by atoms with Crippen LogP contribution in [0.15, 0.2) is 30.6 Å². The lowest BCUT2D eigenvalue weighted by Gasteiger charge is -2.03. The molecule has 0 unspecified atom stereocenters. The van der Waals surface area contributed by atoms with Gasteiger partial charge in [-0.05, 0) is 26.3 Å². The maximum Gasteiger partial charge on any atom is 0.267 e. The first-order valence-electron chi connectivity index (χ1n) is 8.00. The van der Waals surface area contributed by atoms with Crippen LogP contribution in [0.1, 0.15) is 26.5 Å². The highest BCUT2D eigenvalue weighted by molar-refractivity contribution is 7.17. The average molecular weight is 369 g/mol. The Bertz CT molecular complexity index is 989. The Morgan fingerprint density at radius 2 is 2.04 bits per heavy atom. The molecule has 26 heavy (non-hydrogen) atoms. The number of nitrogens with one attached hydrogen (secondary N) is 1. The minimum Gasteiger partial charge on any atom is -0.368 e. The second-order valence-corrected chi connectivity index (χ2v) is 7.10. The minimum absolute atomic E-state index is 0.0354. The normalized spacial score (nSPS) is 10.7. The van der Waals surface area contributed by atoms with E-state index in [1.54, 1.807) is 6.20 Å². The van der Waals surface area contributed by atoms with Crippen LogP contribution in [0, 0.1) is 20.8 Å². The number of nitrogens with zero attached hydrogens (tertiary/aromatic N) is 3. The van der Waals surface area contributed by atoms with Crippen LogP contribution in [0.25, 0.3) is 10.6 Å². The summed E-state index contributed by atoms with van der Waals surface area (Å²) in [4.78, 5) is 28.6. The molecule has 0 bridgehead atoms. The summed E-state index contributed by atoms with van der Waals surface area (Å²) >= 11 is 1.35. The number of anilines is 1. The van der Waals surface area contributed by atoms with E-state index in [2.05, 4.69) is 21.5 Å². The Morgan fingerprint density at radius 1 is 1.27 bits per heavy atom. The van der Waals surface area contributed by atoms with Gasteiger partial charge in [-0.1, -0.05) is 23.8 Å². The summed E-state index contributed by atoms with van der Waals surface area (Å²) in [6, 6.07) is 6.16. The number of aromatic nitrogens is 3. The second-order valence-electron chi connectivity index (χ2n) is 6.10. The van der Waals surface area contributed by atoms with Gasteiger partial charge < -0.3 is 11.1 Å². The van der Waals surface area contributed by atoms with Crippen molar-refractivity contribution >= 4 is 28.8 Å². The fraction of sp³-hybridized carbons (Fsp3) is 0.222. The van der Waals surface area contributed by atoms with E-state index >= 15 is 0 Å². The smallest absolute Gasteiger partial charge is 0.267 e. The van der Waals surface area contributed by atoms with Crippen molar-refractivity contribution < 1.29 is 9.59 Å². The van der Waals surface area contributed by atoms with Crippen LogP contribution < -0.4 is 11.1 Å².